The summed E-state index contributed by atoms with van der Waals surface area (Å²) in [6, 6.07) is 5.48. The summed E-state index contributed by atoms with van der Waals surface area (Å²) in [4.78, 5) is 31.5. The first kappa shape index (κ1) is 21.8. The molecule has 0 N–H and O–H groups in total. The van der Waals surface area contributed by atoms with Gasteiger partial charge in [0.1, 0.15) is 23.7 Å². The van der Waals surface area contributed by atoms with Crippen LogP contribution in [0.4, 0.5) is 13.2 Å². The van der Waals surface area contributed by atoms with Crippen molar-refractivity contribution in [3.63, 3.8) is 0 Å². The molecular weight excluding hydrogens is 453 g/mol. The van der Waals surface area contributed by atoms with Gasteiger partial charge in [-0.3, -0.25) is 9.59 Å². The minimum Gasteiger partial charge on any atom is -0.491 e. The predicted octanol–water partition coefficient (Wildman–Crippen LogP) is 3.01. The number of ether oxygens (including phenoxy) is 2. The zero-order valence-corrected chi connectivity index (χ0v) is 18.0. The Balaban J connectivity index is 1.29. The van der Waals surface area contributed by atoms with Crippen molar-refractivity contribution in [3.05, 3.63) is 76.0 Å². The second-order valence-corrected chi connectivity index (χ2v) is 7.91. The van der Waals surface area contributed by atoms with Crippen LogP contribution < -0.4 is 15.0 Å². The molecule has 1 amide bonds. The Morgan fingerprint density at radius 3 is 2.76 bits per heavy atom. The standard InChI is InChI=1S/C23H19F3N4O4/c1-14-12-29(13-27-14)17-3-4-18-21(31)28(8-9-30(18)22(17)32)10-11-33-19-5-2-16(24)20-15(19)6-7-23(25,26)34-20/h2-7,12-13H,8-11H2,1H3. The number of nitrogens with zero attached hydrogens (tertiary/aromatic N) is 4. The van der Waals surface area contributed by atoms with Gasteiger partial charge in [0, 0.05) is 25.4 Å². The molecule has 0 spiro atoms. The molecule has 1 aromatic carbocycles. The molecule has 8 nitrogen and oxygen atoms in total. The monoisotopic (exact) mass is 472 g/mol. The van der Waals surface area contributed by atoms with Gasteiger partial charge in [0.25, 0.3) is 11.5 Å². The maximum absolute atomic E-state index is 13.9. The molecule has 2 aromatic heterocycles. The van der Waals surface area contributed by atoms with E-state index >= 15 is 0 Å². The maximum atomic E-state index is 13.9. The molecule has 0 radical (unpaired) electrons. The Bertz CT molecular complexity index is 1380. The van der Waals surface area contributed by atoms with E-state index in [0.29, 0.717) is 18.3 Å². The maximum Gasteiger partial charge on any atom is 0.420 e. The first-order chi connectivity index (χ1) is 16.2. The summed E-state index contributed by atoms with van der Waals surface area (Å²) >= 11 is 0. The average molecular weight is 472 g/mol. The molecule has 176 valence electrons. The second kappa shape index (κ2) is 8.08. The van der Waals surface area contributed by atoms with Crippen LogP contribution in [0.2, 0.25) is 0 Å². The number of aromatic nitrogens is 3. The van der Waals surface area contributed by atoms with Crippen molar-refractivity contribution < 1.29 is 27.4 Å². The topological polar surface area (TPSA) is 78.6 Å². The van der Waals surface area contributed by atoms with E-state index in [4.69, 9.17) is 4.74 Å². The van der Waals surface area contributed by atoms with E-state index in [1.54, 1.807) is 29.2 Å². The SMILES string of the molecule is Cc1cn(-c2ccc3n(c2=O)CCN(CCOc2ccc(F)c4c2C=CC(F)(F)O4)C3=O)cn1. The molecule has 34 heavy (non-hydrogen) atoms. The van der Waals surface area contributed by atoms with E-state index in [9.17, 15) is 22.8 Å². The molecule has 0 unspecified atom stereocenters. The van der Waals surface area contributed by atoms with Gasteiger partial charge in [0.05, 0.1) is 24.1 Å². The van der Waals surface area contributed by atoms with Crippen LogP contribution in [0.25, 0.3) is 11.8 Å². The van der Waals surface area contributed by atoms with Crippen LogP contribution in [0.1, 0.15) is 21.7 Å². The van der Waals surface area contributed by atoms with Gasteiger partial charge < -0.3 is 23.5 Å². The molecule has 4 heterocycles. The van der Waals surface area contributed by atoms with Crippen LogP contribution in [0.5, 0.6) is 11.5 Å². The van der Waals surface area contributed by atoms with Crippen LogP contribution in [0.3, 0.4) is 0 Å². The number of alkyl halides is 2. The fourth-order valence-corrected chi connectivity index (χ4v) is 3.98. The number of hydrogen-bond donors (Lipinski definition) is 0. The molecular formula is C23H19F3N4O4. The third-order valence-corrected chi connectivity index (χ3v) is 5.65. The number of pyridine rings is 1. The number of carbonyl (C=O) groups excluding carboxylic acids is 1. The Kier molecular flexibility index (Phi) is 5.18. The Morgan fingerprint density at radius 2 is 2.00 bits per heavy atom. The first-order valence-electron chi connectivity index (χ1n) is 10.5. The van der Waals surface area contributed by atoms with E-state index in [1.165, 1.54) is 15.5 Å². The fraction of sp³-hybridized carbons (Fsp3) is 0.261. The smallest absolute Gasteiger partial charge is 0.420 e. The first-order valence-corrected chi connectivity index (χ1v) is 10.5. The molecule has 0 saturated heterocycles. The number of benzene rings is 1. The molecule has 0 saturated carbocycles. The third-order valence-electron chi connectivity index (χ3n) is 5.65. The van der Waals surface area contributed by atoms with Crippen molar-refractivity contribution in [3.8, 4) is 17.2 Å². The summed E-state index contributed by atoms with van der Waals surface area (Å²) in [7, 11) is 0. The molecule has 0 atom stereocenters. The van der Waals surface area contributed by atoms with Gasteiger partial charge in [-0.2, -0.15) is 8.78 Å². The molecule has 5 rings (SSSR count). The summed E-state index contributed by atoms with van der Waals surface area (Å²) in [6.45, 7) is 2.63. The highest BCUT2D eigenvalue weighted by Gasteiger charge is 2.35. The number of rotatable bonds is 5. The minimum absolute atomic E-state index is 0.0324. The normalized spacial score (nSPS) is 16.1. The highest BCUT2D eigenvalue weighted by atomic mass is 19.3. The summed E-state index contributed by atoms with van der Waals surface area (Å²) in [5.41, 5.74) is 1.20. The lowest BCUT2D eigenvalue weighted by atomic mass is 10.1. The lowest BCUT2D eigenvalue weighted by Crippen LogP contribution is -2.46. The van der Waals surface area contributed by atoms with Crippen molar-refractivity contribution >= 4 is 12.0 Å². The quantitative estimate of drug-likeness (QED) is 0.571. The average Bonchev–Trinajstić information content (AvgIpc) is 3.23. The highest BCUT2D eigenvalue weighted by Crippen LogP contribution is 2.40. The van der Waals surface area contributed by atoms with Gasteiger partial charge in [0.15, 0.2) is 11.6 Å². The Hall–Kier alpha value is -4.02. The zero-order valence-electron chi connectivity index (χ0n) is 18.0. The van der Waals surface area contributed by atoms with Gasteiger partial charge in [-0.1, -0.05) is 0 Å². The second-order valence-electron chi connectivity index (χ2n) is 7.91. The summed E-state index contributed by atoms with van der Waals surface area (Å²) in [5.74, 6) is -1.69. The third kappa shape index (κ3) is 3.82. The Labute approximate surface area is 191 Å². The highest BCUT2D eigenvalue weighted by molar-refractivity contribution is 5.93. The Morgan fingerprint density at radius 1 is 1.18 bits per heavy atom. The van der Waals surface area contributed by atoms with Crippen molar-refractivity contribution in [2.24, 2.45) is 0 Å². The summed E-state index contributed by atoms with van der Waals surface area (Å²) in [5, 5.41) is 0. The van der Waals surface area contributed by atoms with Crippen LogP contribution in [-0.4, -0.2) is 50.7 Å². The number of fused-ring (bicyclic) bond motifs is 2. The number of aryl methyl sites for hydroxylation is 1. The number of carbonyl (C=O) groups is 1. The van der Waals surface area contributed by atoms with Crippen molar-refractivity contribution in [2.75, 3.05) is 19.7 Å². The predicted molar refractivity (Wildman–Crippen MR) is 115 cm³/mol. The van der Waals surface area contributed by atoms with E-state index in [-0.39, 0.29) is 48.2 Å². The van der Waals surface area contributed by atoms with Crippen LogP contribution in [-0.2, 0) is 6.54 Å². The number of amides is 1. The molecule has 3 aromatic rings. The van der Waals surface area contributed by atoms with Crippen LogP contribution in [0.15, 0.2) is 47.7 Å². The molecule has 0 aliphatic carbocycles. The molecule has 0 fully saturated rings. The number of hydrogen-bond acceptors (Lipinski definition) is 5. The van der Waals surface area contributed by atoms with E-state index in [1.807, 2.05) is 6.92 Å². The lowest BCUT2D eigenvalue weighted by molar-refractivity contribution is -0.134. The lowest BCUT2D eigenvalue weighted by Gasteiger charge is -2.30. The fourth-order valence-electron chi connectivity index (χ4n) is 3.98. The van der Waals surface area contributed by atoms with Gasteiger partial charge >= 0.3 is 6.11 Å². The molecule has 0 bridgehead atoms. The summed E-state index contributed by atoms with van der Waals surface area (Å²) in [6.07, 6.45) is 1.24. The zero-order chi connectivity index (χ0) is 24.0. The summed E-state index contributed by atoms with van der Waals surface area (Å²) < 4.78 is 53.9. The minimum atomic E-state index is -3.60. The number of imidazole rings is 1. The van der Waals surface area contributed by atoms with Gasteiger partial charge in [-0.25, -0.2) is 9.37 Å². The van der Waals surface area contributed by atoms with Crippen molar-refractivity contribution in [1.29, 1.82) is 0 Å². The molecule has 11 heteroatoms. The van der Waals surface area contributed by atoms with Crippen molar-refractivity contribution in [2.45, 2.75) is 19.6 Å². The van der Waals surface area contributed by atoms with E-state index < -0.39 is 17.7 Å². The van der Waals surface area contributed by atoms with Gasteiger partial charge in [-0.05, 0) is 37.3 Å². The largest absolute Gasteiger partial charge is 0.491 e. The van der Waals surface area contributed by atoms with Crippen LogP contribution >= 0.6 is 0 Å². The van der Waals surface area contributed by atoms with E-state index in [0.717, 1.165) is 17.8 Å². The van der Waals surface area contributed by atoms with Gasteiger partial charge in [0.2, 0.25) is 0 Å². The molecule has 2 aliphatic rings. The van der Waals surface area contributed by atoms with Crippen molar-refractivity contribution in [1.82, 2.24) is 19.0 Å². The van der Waals surface area contributed by atoms with E-state index in [2.05, 4.69) is 9.72 Å². The van der Waals surface area contributed by atoms with Gasteiger partial charge in [-0.15, -0.1) is 0 Å². The molecule has 2 aliphatic heterocycles. The number of halogens is 3. The van der Waals surface area contributed by atoms with Crippen LogP contribution in [0, 0.1) is 12.7 Å².